The Morgan fingerprint density at radius 2 is 1.83 bits per heavy atom. The average Bonchev–Trinajstić information content (AvgIpc) is 2.36. The van der Waals surface area contributed by atoms with Gasteiger partial charge in [-0.2, -0.15) is 0 Å². The van der Waals surface area contributed by atoms with Crippen LogP contribution in [0.4, 0.5) is 0 Å². The van der Waals surface area contributed by atoms with E-state index in [1.807, 2.05) is 19.9 Å². The zero-order chi connectivity index (χ0) is 14.2. The van der Waals surface area contributed by atoms with Crippen LogP contribution in [-0.2, 0) is 4.43 Å². The normalized spacial score (nSPS) is 16.2. The summed E-state index contributed by atoms with van der Waals surface area (Å²) >= 11 is 0. The number of hydrogen-bond donors (Lipinski definition) is 1. The Morgan fingerprint density at radius 3 is 2.17 bits per heavy atom. The predicted molar refractivity (Wildman–Crippen MR) is 81.0 cm³/mol. The van der Waals surface area contributed by atoms with Gasteiger partial charge in [-0.05, 0) is 37.6 Å². The summed E-state index contributed by atoms with van der Waals surface area (Å²) in [5.74, 6) is 2.70. The van der Waals surface area contributed by atoms with Gasteiger partial charge in [-0.25, -0.2) is 0 Å². The second-order valence-corrected chi connectivity index (χ2v) is 9.88. The first-order valence-corrected chi connectivity index (χ1v) is 9.36. The molecule has 3 heteroatoms. The highest BCUT2D eigenvalue weighted by Gasteiger charge is 2.36. The number of rotatable bonds is 8. The van der Waals surface area contributed by atoms with Crippen molar-refractivity contribution in [3.63, 3.8) is 0 Å². The molecule has 0 aliphatic heterocycles. The van der Waals surface area contributed by atoms with E-state index in [2.05, 4.69) is 26.7 Å². The lowest BCUT2D eigenvalue weighted by molar-refractivity contribution is 0.130. The highest BCUT2D eigenvalue weighted by atomic mass is 28.4. The van der Waals surface area contributed by atoms with Crippen LogP contribution < -0.4 is 0 Å². The zero-order valence-electron chi connectivity index (χ0n) is 12.5. The van der Waals surface area contributed by atoms with Gasteiger partial charge in [-0.3, -0.25) is 0 Å². The highest BCUT2D eigenvalue weighted by Crippen LogP contribution is 2.31. The van der Waals surface area contributed by atoms with Crippen molar-refractivity contribution in [2.24, 2.45) is 0 Å². The van der Waals surface area contributed by atoms with Crippen molar-refractivity contribution in [1.29, 1.82) is 0 Å². The van der Waals surface area contributed by atoms with E-state index in [0.29, 0.717) is 6.42 Å². The third-order valence-corrected chi connectivity index (χ3v) is 8.40. The quantitative estimate of drug-likeness (QED) is 0.413. The third-order valence-electron chi connectivity index (χ3n) is 3.64. The molecule has 0 fully saturated rings. The maximum Gasteiger partial charge on any atom is 0.193 e. The standard InChI is InChI=1S/C15H28O2Si/c1-7-11-15(6,12-14(5)13-16)17-18(8-2,9-3)10-4/h1,12,16H,8-11,13H2,2-6H3/b14-12+/t15-/m0/s1. The smallest absolute Gasteiger partial charge is 0.193 e. The van der Waals surface area contributed by atoms with Crippen LogP contribution in [0.2, 0.25) is 18.1 Å². The molecule has 0 aromatic rings. The summed E-state index contributed by atoms with van der Waals surface area (Å²) in [6.07, 6.45) is 8.02. The third kappa shape index (κ3) is 4.97. The molecule has 0 heterocycles. The van der Waals surface area contributed by atoms with Crippen molar-refractivity contribution in [3.8, 4) is 12.3 Å². The van der Waals surface area contributed by atoms with Crippen LogP contribution >= 0.6 is 0 Å². The van der Waals surface area contributed by atoms with E-state index in [0.717, 1.165) is 23.7 Å². The van der Waals surface area contributed by atoms with Gasteiger partial charge in [0.25, 0.3) is 0 Å². The lowest BCUT2D eigenvalue weighted by atomic mass is 10.00. The molecule has 0 rings (SSSR count). The molecule has 0 aromatic heterocycles. The average molecular weight is 268 g/mol. The van der Waals surface area contributed by atoms with Gasteiger partial charge in [0.15, 0.2) is 8.32 Å². The molecule has 1 atom stereocenters. The minimum atomic E-state index is -1.69. The number of terminal acetylenes is 1. The van der Waals surface area contributed by atoms with E-state index in [-0.39, 0.29) is 6.61 Å². The molecule has 0 amide bonds. The van der Waals surface area contributed by atoms with Crippen LogP contribution in [0.5, 0.6) is 0 Å². The van der Waals surface area contributed by atoms with Gasteiger partial charge in [0.2, 0.25) is 0 Å². The Morgan fingerprint density at radius 1 is 1.33 bits per heavy atom. The van der Waals surface area contributed by atoms with Crippen molar-refractivity contribution < 1.29 is 9.53 Å². The minimum Gasteiger partial charge on any atom is -0.407 e. The Hall–Kier alpha value is -0.563. The first-order valence-electron chi connectivity index (χ1n) is 6.83. The Kier molecular flexibility index (Phi) is 7.54. The number of aliphatic hydroxyl groups excluding tert-OH is 1. The molecule has 0 bridgehead atoms. The van der Waals surface area contributed by atoms with Gasteiger partial charge < -0.3 is 9.53 Å². The predicted octanol–water partition coefficient (Wildman–Crippen LogP) is 3.73. The maximum absolute atomic E-state index is 9.17. The Bertz CT molecular complexity index is 305. The van der Waals surface area contributed by atoms with Gasteiger partial charge in [-0.15, -0.1) is 12.3 Å². The molecular formula is C15H28O2Si. The molecule has 0 radical (unpaired) electrons. The summed E-state index contributed by atoms with van der Waals surface area (Å²) in [6.45, 7) is 10.6. The molecule has 0 spiro atoms. The molecular weight excluding hydrogens is 240 g/mol. The van der Waals surface area contributed by atoms with Crippen molar-refractivity contribution >= 4 is 8.32 Å². The Balaban J connectivity index is 5.18. The van der Waals surface area contributed by atoms with Crippen LogP contribution in [0.25, 0.3) is 0 Å². The van der Waals surface area contributed by atoms with Crippen LogP contribution in [0, 0.1) is 12.3 Å². The second kappa shape index (κ2) is 7.78. The van der Waals surface area contributed by atoms with E-state index in [1.54, 1.807) is 0 Å². The molecule has 0 saturated carbocycles. The molecule has 0 aliphatic rings. The Labute approximate surface area is 114 Å². The van der Waals surface area contributed by atoms with E-state index in [9.17, 15) is 5.11 Å². The highest BCUT2D eigenvalue weighted by molar-refractivity contribution is 6.73. The molecule has 18 heavy (non-hydrogen) atoms. The molecule has 0 aliphatic carbocycles. The number of hydrogen-bond acceptors (Lipinski definition) is 2. The largest absolute Gasteiger partial charge is 0.407 e. The molecule has 0 unspecified atom stereocenters. The van der Waals surface area contributed by atoms with Gasteiger partial charge in [0, 0.05) is 6.42 Å². The summed E-state index contributed by atoms with van der Waals surface area (Å²) in [5.41, 5.74) is 0.481. The molecule has 2 nitrogen and oxygen atoms in total. The molecule has 0 aromatic carbocycles. The minimum absolute atomic E-state index is 0.0580. The zero-order valence-corrected chi connectivity index (χ0v) is 13.5. The molecule has 104 valence electrons. The first-order chi connectivity index (χ1) is 8.40. The van der Waals surface area contributed by atoms with Crippen molar-refractivity contribution in [3.05, 3.63) is 11.6 Å². The van der Waals surface area contributed by atoms with Crippen molar-refractivity contribution in [2.75, 3.05) is 6.61 Å². The fourth-order valence-corrected chi connectivity index (χ4v) is 5.40. The lowest BCUT2D eigenvalue weighted by Gasteiger charge is -2.38. The summed E-state index contributed by atoms with van der Waals surface area (Å²) < 4.78 is 6.50. The van der Waals surface area contributed by atoms with E-state index in [1.165, 1.54) is 0 Å². The van der Waals surface area contributed by atoms with E-state index in [4.69, 9.17) is 10.8 Å². The summed E-state index contributed by atoms with van der Waals surface area (Å²) in [6, 6.07) is 3.31. The van der Waals surface area contributed by atoms with Crippen LogP contribution in [0.3, 0.4) is 0 Å². The summed E-state index contributed by atoms with van der Waals surface area (Å²) in [4.78, 5) is 0. The van der Waals surface area contributed by atoms with Crippen LogP contribution in [0.15, 0.2) is 11.6 Å². The van der Waals surface area contributed by atoms with Gasteiger partial charge in [0.05, 0.1) is 12.2 Å². The molecule has 1 N–H and O–H groups in total. The summed E-state index contributed by atoms with van der Waals surface area (Å²) in [5, 5.41) is 9.17. The van der Waals surface area contributed by atoms with Gasteiger partial charge in [0.1, 0.15) is 0 Å². The van der Waals surface area contributed by atoms with Crippen LogP contribution in [0.1, 0.15) is 41.0 Å². The molecule has 0 saturated heterocycles. The maximum atomic E-state index is 9.17. The van der Waals surface area contributed by atoms with E-state index >= 15 is 0 Å². The topological polar surface area (TPSA) is 29.5 Å². The van der Waals surface area contributed by atoms with Crippen LogP contribution in [-0.4, -0.2) is 25.6 Å². The van der Waals surface area contributed by atoms with Crippen molar-refractivity contribution in [1.82, 2.24) is 0 Å². The lowest BCUT2D eigenvalue weighted by Crippen LogP contribution is -2.45. The monoisotopic (exact) mass is 268 g/mol. The van der Waals surface area contributed by atoms with Gasteiger partial charge in [-0.1, -0.05) is 26.8 Å². The second-order valence-electron chi connectivity index (χ2n) is 5.19. The van der Waals surface area contributed by atoms with Gasteiger partial charge >= 0.3 is 0 Å². The fourth-order valence-electron chi connectivity index (χ4n) is 2.35. The SMILES string of the molecule is C#CC[C@@](C)(/C=C(\C)CO)O[Si](CC)(CC)CC. The summed E-state index contributed by atoms with van der Waals surface area (Å²) in [7, 11) is -1.69. The van der Waals surface area contributed by atoms with Crippen molar-refractivity contribution in [2.45, 2.75) is 64.8 Å². The van der Waals surface area contributed by atoms with E-state index < -0.39 is 13.9 Å². The first kappa shape index (κ1) is 17.4. The fraction of sp³-hybridized carbons (Fsp3) is 0.733. The number of aliphatic hydroxyl groups is 1.